The molecule has 2 bridgehead atoms. The maximum Gasteiger partial charge on any atom is 0.237 e. The Morgan fingerprint density at radius 2 is 1.79 bits per heavy atom. The van der Waals surface area contributed by atoms with E-state index in [1.165, 1.54) is 37.1 Å². The Morgan fingerprint density at radius 3 is 2.42 bits per heavy atom. The van der Waals surface area contributed by atoms with Crippen molar-refractivity contribution in [2.45, 2.75) is 37.8 Å². The van der Waals surface area contributed by atoms with E-state index in [9.17, 15) is 4.79 Å². The van der Waals surface area contributed by atoms with Gasteiger partial charge in [-0.15, -0.1) is 0 Å². The van der Waals surface area contributed by atoms with Gasteiger partial charge in [-0.05, 0) is 58.4 Å². The lowest BCUT2D eigenvalue weighted by atomic mass is 9.75. The molecule has 0 saturated carbocycles. The Labute approximate surface area is 145 Å². The Hall–Kier alpha value is -1.39. The standard InChI is InChI=1S/C20H29N3O/c1-14-4-6-15(7-5-14)17-12-23(18(24)13-21(2)3)19-16-8-10-22(11-9-16)20(17)19/h4-7,16-17,19-20H,8-13H2,1-3H3/t17-,19+,20+/m1/s1. The van der Waals surface area contributed by atoms with Crippen molar-refractivity contribution < 1.29 is 4.79 Å². The van der Waals surface area contributed by atoms with Crippen LogP contribution in [0.5, 0.6) is 0 Å². The second-order valence-electron chi connectivity index (χ2n) is 8.16. The summed E-state index contributed by atoms with van der Waals surface area (Å²) in [7, 11) is 3.97. The summed E-state index contributed by atoms with van der Waals surface area (Å²) in [5.41, 5.74) is 2.71. The first-order valence-electron chi connectivity index (χ1n) is 9.29. The van der Waals surface area contributed by atoms with Crippen molar-refractivity contribution >= 4 is 5.91 Å². The predicted octanol–water partition coefficient (Wildman–Crippen LogP) is 1.95. The van der Waals surface area contributed by atoms with E-state index in [2.05, 4.69) is 41.0 Å². The number of nitrogens with zero attached hydrogens (tertiary/aromatic N) is 3. The first-order valence-corrected chi connectivity index (χ1v) is 9.29. The largest absolute Gasteiger partial charge is 0.336 e. The normalized spacial score (nSPS) is 34.7. The third-order valence-corrected chi connectivity index (χ3v) is 6.27. The third-order valence-electron chi connectivity index (χ3n) is 6.27. The van der Waals surface area contributed by atoms with Crippen LogP contribution in [0.25, 0.3) is 0 Å². The van der Waals surface area contributed by atoms with Crippen LogP contribution >= 0.6 is 0 Å². The van der Waals surface area contributed by atoms with E-state index in [4.69, 9.17) is 0 Å². The zero-order valence-corrected chi connectivity index (χ0v) is 15.1. The molecule has 0 radical (unpaired) electrons. The van der Waals surface area contributed by atoms with Gasteiger partial charge >= 0.3 is 0 Å². The molecule has 4 heterocycles. The van der Waals surface area contributed by atoms with Crippen LogP contribution < -0.4 is 0 Å². The minimum absolute atomic E-state index is 0.304. The lowest BCUT2D eigenvalue weighted by Gasteiger charge is -2.51. The number of likely N-dealkylation sites (N-methyl/N-ethyl adjacent to an activating group) is 1. The molecule has 0 aromatic heterocycles. The Balaban J connectivity index is 1.66. The SMILES string of the molecule is Cc1ccc([C@H]2CN(C(=O)CN(C)C)[C@H]3C4CCN(CC4)[C@@H]23)cc1. The molecule has 4 aliphatic heterocycles. The summed E-state index contributed by atoms with van der Waals surface area (Å²) in [5.74, 6) is 1.46. The van der Waals surface area contributed by atoms with Crippen molar-refractivity contribution in [3.05, 3.63) is 35.4 Å². The number of carbonyl (C=O) groups is 1. The summed E-state index contributed by atoms with van der Waals surface area (Å²) < 4.78 is 0. The van der Waals surface area contributed by atoms with Crippen molar-refractivity contribution in [1.29, 1.82) is 0 Å². The minimum Gasteiger partial charge on any atom is -0.336 e. The number of carbonyl (C=O) groups excluding carboxylic acids is 1. The molecule has 130 valence electrons. The summed E-state index contributed by atoms with van der Waals surface area (Å²) in [4.78, 5) is 19.8. The molecule has 4 fully saturated rings. The molecule has 4 aliphatic rings. The number of piperidine rings is 3. The van der Waals surface area contributed by atoms with Crippen LogP contribution in [0, 0.1) is 12.8 Å². The summed E-state index contributed by atoms with van der Waals surface area (Å²) in [6, 6.07) is 9.93. The summed E-state index contributed by atoms with van der Waals surface area (Å²) in [6.07, 6.45) is 2.51. The summed E-state index contributed by atoms with van der Waals surface area (Å²) in [5, 5.41) is 0. The van der Waals surface area contributed by atoms with E-state index in [0.717, 1.165) is 6.54 Å². The van der Waals surface area contributed by atoms with E-state index in [1.807, 2.05) is 19.0 Å². The highest BCUT2D eigenvalue weighted by molar-refractivity contribution is 5.79. The average Bonchev–Trinajstić information content (AvgIpc) is 2.99. The fraction of sp³-hybridized carbons (Fsp3) is 0.650. The molecule has 1 aromatic rings. The van der Waals surface area contributed by atoms with Gasteiger partial charge in [0.1, 0.15) is 0 Å². The molecule has 0 spiro atoms. The van der Waals surface area contributed by atoms with E-state index in [-0.39, 0.29) is 0 Å². The lowest BCUT2D eigenvalue weighted by molar-refractivity contribution is -0.136. The summed E-state index contributed by atoms with van der Waals surface area (Å²) >= 11 is 0. The second kappa shape index (κ2) is 6.16. The van der Waals surface area contributed by atoms with Gasteiger partial charge in [0.25, 0.3) is 0 Å². The fourth-order valence-corrected chi connectivity index (χ4v) is 5.17. The number of likely N-dealkylation sites (tertiary alicyclic amines) is 1. The molecule has 5 rings (SSSR count). The van der Waals surface area contributed by atoms with Gasteiger partial charge in [0, 0.05) is 18.5 Å². The Kier molecular flexibility index (Phi) is 4.13. The maximum atomic E-state index is 12.9. The topological polar surface area (TPSA) is 26.8 Å². The molecular formula is C20H29N3O. The molecule has 24 heavy (non-hydrogen) atoms. The number of hydrogen-bond acceptors (Lipinski definition) is 3. The van der Waals surface area contributed by atoms with Crippen LogP contribution in [0.2, 0.25) is 0 Å². The van der Waals surface area contributed by atoms with Gasteiger partial charge in [0.2, 0.25) is 5.91 Å². The predicted molar refractivity (Wildman–Crippen MR) is 96.1 cm³/mol. The zero-order valence-electron chi connectivity index (χ0n) is 15.1. The molecule has 0 aliphatic carbocycles. The van der Waals surface area contributed by atoms with Crippen LogP contribution in [0.15, 0.2) is 24.3 Å². The Morgan fingerprint density at radius 1 is 1.12 bits per heavy atom. The van der Waals surface area contributed by atoms with Crippen LogP contribution in [-0.2, 0) is 4.79 Å². The zero-order chi connectivity index (χ0) is 16.8. The highest BCUT2D eigenvalue weighted by atomic mass is 16.2. The number of benzene rings is 1. The maximum absolute atomic E-state index is 12.9. The summed E-state index contributed by atoms with van der Waals surface area (Å²) in [6.45, 7) is 5.97. The molecule has 0 unspecified atom stereocenters. The van der Waals surface area contributed by atoms with E-state index in [0.29, 0.717) is 36.4 Å². The first-order chi connectivity index (χ1) is 11.5. The van der Waals surface area contributed by atoms with Crippen LogP contribution in [0.4, 0.5) is 0 Å². The van der Waals surface area contributed by atoms with Crippen molar-refractivity contribution in [3.8, 4) is 0 Å². The van der Waals surface area contributed by atoms with Crippen molar-refractivity contribution in [1.82, 2.24) is 14.7 Å². The van der Waals surface area contributed by atoms with Gasteiger partial charge in [0.05, 0.1) is 12.6 Å². The number of hydrogen-bond donors (Lipinski definition) is 0. The number of fused-ring (bicyclic) bond motifs is 2. The van der Waals surface area contributed by atoms with E-state index < -0.39 is 0 Å². The highest BCUT2D eigenvalue weighted by Crippen LogP contribution is 2.46. The molecule has 4 nitrogen and oxygen atoms in total. The molecular weight excluding hydrogens is 298 g/mol. The van der Waals surface area contributed by atoms with E-state index >= 15 is 0 Å². The molecule has 3 atom stereocenters. The van der Waals surface area contributed by atoms with Crippen molar-refractivity contribution in [3.63, 3.8) is 0 Å². The number of rotatable bonds is 3. The smallest absolute Gasteiger partial charge is 0.237 e. The van der Waals surface area contributed by atoms with E-state index in [1.54, 1.807) is 0 Å². The first kappa shape index (κ1) is 16.1. The molecule has 4 heteroatoms. The number of amides is 1. The fourth-order valence-electron chi connectivity index (χ4n) is 5.17. The monoisotopic (exact) mass is 327 g/mol. The Bertz CT molecular complexity index is 604. The van der Waals surface area contributed by atoms with Crippen LogP contribution in [-0.4, -0.2) is 73.0 Å². The lowest BCUT2D eigenvalue weighted by Crippen LogP contribution is -2.61. The molecule has 0 N–H and O–H groups in total. The minimum atomic E-state index is 0.304. The van der Waals surface area contributed by atoms with Crippen molar-refractivity contribution in [2.75, 3.05) is 40.3 Å². The van der Waals surface area contributed by atoms with Crippen LogP contribution in [0.1, 0.15) is 29.9 Å². The molecule has 4 saturated heterocycles. The van der Waals surface area contributed by atoms with Gasteiger partial charge in [-0.1, -0.05) is 29.8 Å². The van der Waals surface area contributed by atoms with Crippen molar-refractivity contribution in [2.24, 2.45) is 5.92 Å². The number of aryl methyl sites for hydroxylation is 1. The van der Waals surface area contributed by atoms with Gasteiger partial charge in [0.15, 0.2) is 0 Å². The van der Waals surface area contributed by atoms with Gasteiger partial charge in [-0.3, -0.25) is 9.69 Å². The van der Waals surface area contributed by atoms with Gasteiger partial charge < -0.3 is 9.80 Å². The highest BCUT2D eigenvalue weighted by Gasteiger charge is 2.54. The molecule has 1 amide bonds. The van der Waals surface area contributed by atoms with Gasteiger partial charge in [-0.2, -0.15) is 0 Å². The second-order valence-corrected chi connectivity index (χ2v) is 8.16. The van der Waals surface area contributed by atoms with Gasteiger partial charge in [-0.25, -0.2) is 0 Å². The third kappa shape index (κ3) is 2.66. The molecule has 1 aromatic carbocycles. The quantitative estimate of drug-likeness (QED) is 0.849. The van der Waals surface area contributed by atoms with Crippen LogP contribution in [0.3, 0.4) is 0 Å². The average molecular weight is 327 g/mol.